The van der Waals surface area contributed by atoms with Gasteiger partial charge in [-0.2, -0.15) is 11.8 Å². The van der Waals surface area contributed by atoms with Crippen LogP contribution in [0.3, 0.4) is 0 Å². The highest BCUT2D eigenvalue weighted by molar-refractivity contribution is 7.98. The summed E-state index contributed by atoms with van der Waals surface area (Å²) in [7, 11) is 0. The van der Waals surface area contributed by atoms with Gasteiger partial charge in [0.1, 0.15) is 6.04 Å². The van der Waals surface area contributed by atoms with E-state index in [-0.39, 0.29) is 11.8 Å². The first kappa shape index (κ1) is 26.8. The SMILES string of the molecule is CCCNC(=O)[C@@H](Cc1ccccc1)N(Cc1ccccc1Cl)C(=O)CCSCc1ccccc1. The van der Waals surface area contributed by atoms with Gasteiger partial charge in [0.25, 0.3) is 0 Å². The average molecular weight is 509 g/mol. The summed E-state index contributed by atoms with van der Waals surface area (Å²) in [4.78, 5) is 28.6. The van der Waals surface area contributed by atoms with E-state index in [2.05, 4.69) is 17.4 Å². The van der Waals surface area contributed by atoms with E-state index in [1.54, 1.807) is 16.7 Å². The van der Waals surface area contributed by atoms with Gasteiger partial charge < -0.3 is 10.2 Å². The van der Waals surface area contributed by atoms with Crippen LogP contribution in [0.1, 0.15) is 36.5 Å². The summed E-state index contributed by atoms with van der Waals surface area (Å²) in [6.07, 6.45) is 1.64. The van der Waals surface area contributed by atoms with Gasteiger partial charge in [0.15, 0.2) is 0 Å². The molecule has 0 aliphatic rings. The molecule has 0 aliphatic carbocycles. The Hall–Kier alpha value is -2.76. The third-order valence-electron chi connectivity index (χ3n) is 5.69. The van der Waals surface area contributed by atoms with Crippen molar-refractivity contribution in [3.05, 3.63) is 107 Å². The van der Waals surface area contributed by atoms with Crippen molar-refractivity contribution in [2.24, 2.45) is 0 Å². The van der Waals surface area contributed by atoms with Gasteiger partial charge >= 0.3 is 0 Å². The van der Waals surface area contributed by atoms with Crippen molar-refractivity contribution < 1.29 is 9.59 Å². The third-order valence-corrected chi connectivity index (χ3v) is 7.09. The molecule has 0 saturated heterocycles. The van der Waals surface area contributed by atoms with Crippen molar-refractivity contribution in [3.63, 3.8) is 0 Å². The molecule has 0 heterocycles. The van der Waals surface area contributed by atoms with Crippen LogP contribution in [0.2, 0.25) is 5.02 Å². The highest BCUT2D eigenvalue weighted by Crippen LogP contribution is 2.22. The van der Waals surface area contributed by atoms with E-state index < -0.39 is 6.04 Å². The monoisotopic (exact) mass is 508 g/mol. The van der Waals surface area contributed by atoms with Crippen LogP contribution in [-0.2, 0) is 28.3 Å². The summed E-state index contributed by atoms with van der Waals surface area (Å²) in [5, 5.41) is 3.60. The molecule has 6 heteroatoms. The Morgan fingerprint density at radius 2 is 1.54 bits per heavy atom. The number of halogens is 1. The van der Waals surface area contributed by atoms with Crippen molar-refractivity contribution >= 4 is 35.2 Å². The van der Waals surface area contributed by atoms with Crippen LogP contribution in [0, 0.1) is 0 Å². The van der Waals surface area contributed by atoms with E-state index in [4.69, 9.17) is 11.6 Å². The lowest BCUT2D eigenvalue weighted by Crippen LogP contribution is -2.50. The number of benzene rings is 3. The molecule has 35 heavy (non-hydrogen) atoms. The first-order chi connectivity index (χ1) is 17.1. The molecular formula is C29H33ClN2O2S. The highest BCUT2D eigenvalue weighted by atomic mass is 35.5. The molecule has 0 aliphatic heterocycles. The number of amides is 2. The van der Waals surface area contributed by atoms with Gasteiger partial charge in [-0.1, -0.05) is 97.4 Å². The van der Waals surface area contributed by atoms with E-state index in [0.29, 0.717) is 36.7 Å². The van der Waals surface area contributed by atoms with E-state index in [9.17, 15) is 9.59 Å². The summed E-state index contributed by atoms with van der Waals surface area (Å²) in [6, 6.07) is 27.0. The number of carbonyl (C=O) groups is 2. The van der Waals surface area contributed by atoms with Crippen molar-refractivity contribution in [2.75, 3.05) is 12.3 Å². The molecule has 0 spiro atoms. The van der Waals surface area contributed by atoms with Gasteiger partial charge in [0, 0.05) is 42.5 Å². The first-order valence-corrected chi connectivity index (χ1v) is 13.6. The second kappa shape index (κ2) is 14.6. The fourth-order valence-corrected chi connectivity index (χ4v) is 4.88. The molecule has 3 aromatic rings. The Labute approximate surface area is 218 Å². The Kier molecular flexibility index (Phi) is 11.2. The zero-order valence-electron chi connectivity index (χ0n) is 20.2. The van der Waals surface area contributed by atoms with Gasteiger partial charge in [0.2, 0.25) is 11.8 Å². The lowest BCUT2D eigenvalue weighted by atomic mass is 10.0. The van der Waals surface area contributed by atoms with E-state index in [1.165, 1.54) is 5.56 Å². The van der Waals surface area contributed by atoms with Crippen LogP contribution >= 0.6 is 23.4 Å². The van der Waals surface area contributed by atoms with Crippen molar-refractivity contribution in [3.8, 4) is 0 Å². The predicted octanol–water partition coefficient (Wildman–Crippen LogP) is 6.13. The van der Waals surface area contributed by atoms with Crippen molar-refractivity contribution in [2.45, 2.75) is 44.5 Å². The molecule has 0 saturated carbocycles. The number of hydrogen-bond acceptors (Lipinski definition) is 3. The van der Waals surface area contributed by atoms with E-state index in [0.717, 1.165) is 23.3 Å². The summed E-state index contributed by atoms with van der Waals surface area (Å²) in [5.74, 6) is 1.36. The fraction of sp³-hybridized carbons (Fsp3) is 0.310. The van der Waals surface area contributed by atoms with Crippen molar-refractivity contribution in [1.29, 1.82) is 0 Å². The molecule has 1 N–H and O–H groups in total. The molecule has 3 rings (SSSR count). The predicted molar refractivity (Wildman–Crippen MR) is 146 cm³/mol. The summed E-state index contributed by atoms with van der Waals surface area (Å²) >= 11 is 8.18. The Balaban J connectivity index is 1.79. The maximum absolute atomic E-state index is 13.6. The molecule has 2 amide bonds. The van der Waals surface area contributed by atoms with E-state index in [1.807, 2.05) is 79.7 Å². The summed E-state index contributed by atoms with van der Waals surface area (Å²) in [5.41, 5.74) is 3.08. The Bertz CT molecular complexity index is 1060. The van der Waals surface area contributed by atoms with Crippen molar-refractivity contribution in [1.82, 2.24) is 10.2 Å². The van der Waals surface area contributed by atoms with Gasteiger partial charge in [0.05, 0.1) is 0 Å². The molecule has 0 bridgehead atoms. The molecule has 1 atom stereocenters. The van der Waals surface area contributed by atoms with Crippen LogP contribution in [0.25, 0.3) is 0 Å². The smallest absolute Gasteiger partial charge is 0.243 e. The minimum absolute atomic E-state index is 0.0435. The number of carbonyl (C=O) groups excluding carboxylic acids is 2. The number of hydrogen-bond donors (Lipinski definition) is 1. The van der Waals surface area contributed by atoms with Gasteiger partial charge in [-0.25, -0.2) is 0 Å². The lowest BCUT2D eigenvalue weighted by Gasteiger charge is -2.32. The second-order valence-corrected chi connectivity index (χ2v) is 9.91. The molecule has 0 radical (unpaired) electrons. The molecule has 0 aromatic heterocycles. The largest absolute Gasteiger partial charge is 0.354 e. The molecular weight excluding hydrogens is 476 g/mol. The Morgan fingerprint density at radius 3 is 2.20 bits per heavy atom. The molecule has 184 valence electrons. The van der Waals surface area contributed by atoms with Crippen LogP contribution in [0.5, 0.6) is 0 Å². The summed E-state index contributed by atoms with van der Waals surface area (Å²) < 4.78 is 0. The van der Waals surface area contributed by atoms with Crippen LogP contribution in [0.15, 0.2) is 84.9 Å². The number of nitrogens with zero attached hydrogens (tertiary/aromatic N) is 1. The minimum Gasteiger partial charge on any atom is -0.354 e. The van der Waals surface area contributed by atoms with Gasteiger partial charge in [-0.15, -0.1) is 0 Å². The maximum Gasteiger partial charge on any atom is 0.243 e. The topological polar surface area (TPSA) is 49.4 Å². The lowest BCUT2D eigenvalue weighted by molar-refractivity contribution is -0.141. The average Bonchev–Trinajstić information content (AvgIpc) is 2.89. The minimum atomic E-state index is -0.619. The molecule has 4 nitrogen and oxygen atoms in total. The molecule has 0 fully saturated rings. The third kappa shape index (κ3) is 8.75. The zero-order chi connectivity index (χ0) is 24.9. The van der Waals surface area contributed by atoms with Gasteiger partial charge in [-0.3, -0.25) is 9.59 Å². The Morgan fingerprint density at radius 1 is 0.914 bits per heavy atom. The zero-order valence-corrected chi connectivity index (χ0v) is 21.7. The van der Waals surface area contributed by atoms with E-state index >= 15 is 0 Å². The number of nitrogens with one attached hydrogen (secondary N) is 1. The second-order valence-electron chi connectivity index (χ2n) is 8.40. The number of rotatable bonds is 13. The number of thioether (sulfide) groups is 1. The molecule has 0 unspecified atom stereocenters. The molecule has 3 aromatic carbocycles. The van der Waals surface area contributed by atoms with Gasteiger partial charge in [-0.05, 0) is 29.2 Å². The highest BCUT2D eigenvalue weighted by Gasteiger charge is 2.30. The van der Waals surface area contributed by atoms with Crippen LogP contribution < -0.4 is 5.32 Å². The summed E-state index contributed by atoms with van der Waals surface area (Å²) in [6.45, 7) is 2.88. The normalized spacial score (nSPS) is 11.6. The fourth-order valence-electron chi connectivity index (χ4n) is 3.80. The van der Waals surface area contributed by atoms with Crippen LogP contribution in [-0.4, -0.2) is 35.1 Å². The van der Waals surface area contributed by atoms with Crippen LogP contribution in [0.4, 0.5) is 0 Å². The first-order valence-electron chi connectivity index (χ1n) is 12.0. The maximum atomic E-state index is 13.6. The quantitative estimate of drug-likeness (QED) is 0.282. The standard InChI is InChI=1S/C29H33ClN2O2S/c1-2-18-31-29(34)27(20-23-11-5-3-6-12-23)32(21-25-15-9-10-16-26(25)30)28(33)17-19-35-22-24-13-7-4-8-14-24/h3-16,27H,2,17-22H2,1H3,(H,31,34)/t27-/m1/s1.